The summed E-state index contributed by atoms with van der Waals surface area (Å²) in [7, 11) is 0. The van der Waals surface area contributed by atoms with E-state index < -0.39 is 6.04 Å². The summed E-state index contributed by atoms with van der Waals surface area (Å²) in [6.45, 7) is 9.88. The van der Waals surface area contributed by atoms with Crippen molar-refractivity contribution in [3.8, 4) is 11.3 Å². The Hall–Kier alpha value is -3.49. The number of anilines is 1. The first-order chi connectivity index (χ1) is 16.7. The minimum absolute atomic E-state index is 0.0378. The largest absolute Gasteiger partial charge is 0.361 e. The summed E-state index contributed by atoms with van der Waals surface area (Å²) < 4.78 is 6.91. The Labute approximate surface area is 205 Å². The van der Waals surface area contributed by atoms with Gasteiger partial charge in [-0.1, -0.05) is 24.9 Å². The molecule has 2 N–H and O–H groups in total. The number of carbonyl (C=O) groups is 2. The van der Waals surface area contributed by atoms with Crippen LogP contribution in [-0.4, -0.2) is 37.8 Å². The summed E-state index contributed by atoms with van der Waals surface area (Å²) in [6, 6.07) is 4.72. The first kappa shape index (κ1) is 24.6. The van der Waals surface area contributed by atoms with Gasteiger partial charge in [0, 0.05) is 12.2 Å². The fraction of sp³-hybridized carbons (Fsp3) is 0.500. The standard InChI is InChI=1S/C26H34N6O3/c1-15(2)32-22(12-13-28-32)25(33)30-24(19-8-6-16(3)7-9-19)26(34)29-20-10-11-21(27-14-20)23-17(4)31-35-18(23)5/h10-16,19,24H,6-9H2,1-5H3,(H,29,34)(H,30,33)/t16-,19-,24-/m0/s1. The molecule has 1 fully saturated rings. The molecule has 35 heavy (non-hydrogen) atoms. The maximum absolute atomic E-state index is 13.4. The van der Waals surface area contributed by atoms with Gasteiger partial charge in [0.1, 0.15) is 17.5 Å². The molecule has 0 bridgehead atoms. The lowest BCUT2D eigenvalue weighted by atomic mass is 9.79. The summed E-state index contributed by atoms with van der Waals surface area (Å²) >= 11 is 0. The molecule has 0 saturated heterocycles. The van der Waals surface area contributed by atoms with Crippen LogP contribution < -0.4 is 10.6 Å². The van der Waals surface area contributed by atoms with E-state index in [1.165, 1.54) is 0 Å². The molecule has 0 aliphatic heterocycles. The molecule has 9 nitrogen and oxygen atoms in total. The highest BCUT2D eigenvalue weighted by atomic mass is 16.5. The molecule has 3 aromatic rings. The van der Waals surface area contributed by atoms with Crippen molar-refractivity contribution < 1.29 is 14.1 Å². The number of rotatable bonds is 7. The first-order valence-electron chi connectivity index (χ1n) is 12.3. The second-order valence-corrected chi connectivity index (χ2v) is 9.85. The van der Waals surface area contributed by atoms with E-state index in [0.717, 1.165) is 42.6 Å². The minimum Gasteiger partial charge on any atom is -0.361 e. The number of hydrogen-bond acceptors (Lipinski definition) is 6. The molecule has 0 unspecified atom stereocenters. The molecule has 2 amide bonds. The number of carbonyl (C=O) groups excluding carboxylic acids is 2. The lowest BCUT2D eigenvalue weighted by Crippen LogP contribution is -2.49. The van der Waals surface area contributed by atoms with Crippen molar-refractivity contribution in [2.45, 2.75) is 72.4 Å². The van der Waals surface area contributed by atoms with Gasteiger partial charge in [0.25, 0.3) is 5.91 Å². The lowest BCUT2D eigenvalue weighted by molar-refractivity contribution is -0.119. The molecule has 0 aromatic carbocycles. The second kappa shape index (κ2) is 10.4. The highest BCUT2D eigenvalue weighted by Gasteiger charge is 2.33. The number of aryl methyl sites for hydroxylation is 2. The van der Waals surface area contributed by atoms with E-state index in [-0.39, 0.29) is 23.8 Å². The van der Waals surface area contributed by atoms with Gasteiger partial charge >= 0.3 is 0 Å². The van der Waals surface area contributed by atoms with Gasteiger partial charge in [-0.25, -0.2) is 0 Å². The molecule has 1 saturated carbocycles. The topological polar surface area (TPSA) is 115 Å². The van der Waals surface area contributed by atoms with Crippen molar-refractivity contribution in [2.75, 3.05) is 5.32 Å². The Morgan fingerprint density at radius 1 is 1.11 bits per heavy atom. The third-order valence-electron chi connectivity index (χ3n) is 6.81. The normalized spacial score (nSPS) is 18.9. The zero-order valence-electron chi connectivity index (χ0n) is 21.0. The molecule has 0 radical (unpaired) electrons. The summed E-state index contributed by atoms with van der Waals surface area (Å²) in [4.78, 5) is 31.1. The third kappa shape index (κ3) is 5.44. The van der Waals surface area contributed by atoms with Crippen molar-refractivity contribution in [3.63, 3.8) is 0 Å². The van der Waals surface area contributed by atoms with E-state index in [1.807, 2.05) is 39.8 Å². The Kier molecular flexibility index (Phi) is 7.33. The molecule has 3 aromatic heterocycles. The molecule has 4 rings (SSSR count). The van der Waals surface area contributed by atoms with Crippen molar-refractivity contribution in [1.29, 1.82) is 0 Å². The third-order valence-corrected chi connectivity index (χ3v) is 6.81. The molecular weight excluding hydrogens is 444 g/mol. The predicted molar refractivity (Wildman–Crippen MR) is 133 cm³/mol. The van der Waals surface area contributed by atoms with Crippen LogP contribution in [0, 0.1) is 25.7 Å². The van der Waals surface area contributed by atoms with Crippen LogP contribution in [0.15, 0.2) is 35.1 Å². The zero-order chi connectivity index (χ0) is 25.1. The Morgan fingerprint density at radius 2 is 1.86 bits per heavy atom. The van der Waals surface area contributed by atoms with Crippen LogP contribution in [0.5, 0.6) is 0 Å². The van der Waals surface area contributed by atoms with Crippen molar-refractivity contribution in [3.05, 3.63) is 47.7 Å². The number of nitrogens with zero attached hydrogens (tertiary/aromatic N) is 4. The van der Waals surface area contributed by atoms with E-state index in [1.54, 1.807) is 23.1 Å². The average Bonchev–Trinajstić information content (AvgIpc) is 3.45. The highest BCUT2D eigenvalue weighted by Crippen LogP contribution is 2.31. The summed E-state index contributed by atoms with van der Waals surface area (Å²) in [5, 5.41) is 14.2. The van der Waals surface area contributed by atoms with Crippen LogP contribution in [0.1, 0.15) is 74.4 Å². The predicted octanol–water partition coefficient (Wildman–Crippen LogP) is 4.69. The maximum atomic E-state index is 13.4. The van der Waals surface area contributed by atoms with Crippen molar-refractivity contribution in [2.24, 2.45) is 11.8 Å². The first-order valence-corrected chi connectivity index (χ1v) is 12.3. The van der Waals surface area contributed by atoms with E-state index in [4.69, 9.17) is 4.52 Å². The number of amides is 2. The molecule has 0 spiro atoms. The lowest BCUT2D eigenvalue weighted by Gasteiger charge is -2.32. The second-order valence-electron chi connectivity index (χ2n) is 9.85. The summed E-state index contributed by atoms with van der Waals surface area (Å²) in [6.07, 6.45) is 7.11. The molecule has 1 aliphatic carbocycles. The number of hydrogen-bond donors (Lipinski definition) is 2. The molecular formula is C26H34N6O3. The van der Waals surface area contributed by atoms with Gasteiger partial charge in [0.15, 0.2) is 0 Å². The Balaban J connectivity index is 1.52. The number of nitrogens with one attached hydrogen (secondary N) is 2. The van der Waals surface area contributed by atoms with Gasteiger partial charge in [-0.3, -0.25) is 19.3 Å². The smallest absolute Gasteiger partial charge is 0.270 e. The van der Waals surface area contributed by atoms with Crippen LogP contribution in [0.25, 0.3) is 11.3 Å². The van der Waals surface area contributed by atoms with E-state index >= 15 is 0 Å². The fourth-order valence-corrected chi connectivity index (χ4v) is 4.82. The van der Waals surface area contributed by atoms with Gasteiger partial charge in [-0.2, -0.15) is 5.10 Å². The van der Waals surface area contributed by atoms with Gasteiger partial charge < -0.3 is 15.2 Å². The van der Waals surface area contributed by atoms with E-state index in [9.17, 15) is 9.59 Å². The molecule has 186 valence electrons. The molecule has 3 heterocycles. The minimum atomic E-state index is -0.646. The molecule has 1 atom stereocenters. The van der Waals surface area contributed by atoms with Crippen LogP contribution in [-0.2, 0) is 4.79 Å². The Morgan fingerprint density at radius 3 is 2.46 bits per heavy atom. The van der Waals surface area contributed by atoms with Crippen molar-refractivity contribution >= 4 is 17.5 Å². The van der Waals surface area contributed by atoms with Gasteiger partial charge in [0.2, 0.25) is 5.91 Å². The van der Waals surface area contributed by atoms with Crippen molar-refractivity contribution in [1.82, 2.24) is 25.2 Å². The average molecular weight is 479 g/mol. The number of aromatic nitrogens is 4. The number of pyridine rings is 1. The van der Waals surface area contributed by atoms with Gasteiger partial charge in [0.05, 0.1) is 28.8 Å². The van der Waals surface area contributed by atoms with Crippen LogP contribution in [0.2, 0.25) is 0 Å². The molecule has 1 aliphatic rings. The monoisotopic (exact) mass is 478 g/mol. The zero-order valence-corrected chi connectivity index (χ0v) is 21.0. The van der Waals surface area contributed by atoms with E-state index in [2.05, 4.69) is 32.8 Å². The highest BCUT2D eigenvalue weighted by molar-refractivity contribution is 6.00. The van der Waals surface area contributed by atoms with E-state index in [0.29, 0.717) is 23.1 Å². The summed E-state index contributed by atoms with van der Waals surface area (Å²) in [5.41, 5.74) is 3.37. The molecule has 9 heteroatoms. The Bertz CT molecular complexity index is 1150. The maximum Gasteiger partial charge on any atom is 0.270 e. The van der Waals surface area contributed by atoms with Gasteiger partial charge in [-0.05, 0) is 70.6 Å². The SMILES string of the molecule is Cc1noc(C)c1-c1ccc(NC(=O)[C@@H](NC(=O)c2ccnn2C(C)C)[C@H]2CC[C@H](C)CC2)cn1. The fourth-order valence-electron chi connectivity index (χ4n) is 4.82. The van der Waals surface area contributed by atoms with Crippen LogP contribution >= 0.6 is 0 Å². The summed E-state index contributed by atoms with van der Waals surface area (Å²) in [5.74, 6) is 0.873. The van der Waals surface area contributed by atoms with Gasteiger partial charge in [-0.15, -0.1) is 0 Å². The van der Waals surface area contributed by atoms with Crippen LogP contribution in [0.3, 0.4) is 0 Å². The quantitative estimate of drug-likeness (QED) is 0.509. The van der Waals surface area contributed by atoms with Crippen LogP contribution in [0.4, 0.5) is 5.69 Å².